The Hall–Kier alpha value is -1.16. The molecule has 0 radical (unpaired) electrons. The van der Waals surface area contributed by atoms with Crippen molar-refractivity contribution < 1.29 is 14.9 Å². The van der Waals surface area contributed by atoms with E-state index in [2.05, 4.69) is 12.1 Å². The van der Waals surface area contributed by atoms with E-state index in [-0.39, 0.29) is 6.61 Å². The summed E-state index contributed by atoms with van der Waals surface area (Å²) in [6.07, 6.45) is 5.75. The summed E-state index contributed by atoms with van der Waals surface area (Å²) in [5.74, 6) is 0. The molecule has 100 valence electrons. The Morgan fingerprint density at radius 1 is 1.17 bits per heavy atom. The van der Waals surface area contributed by atoms with Gasteiger partial charge in [-0.25, -0.2) is 0 Å². The van der Waals surface area contributed by atoms with Crippen molar-refractivity contribution in [3.8, 4) is 0 Å². The number of hydrogen-bond donors (Lipinski definition) is 2. The molecule has 0 aromatic heterocycles. The Balaban J connectivity index is 1.95. The molecule has 0 heterocycles. The predicted octanol–water partition coefficient (Wildman–Crippen LogP) is 2.28. The van der Waals surface area contributed by atoms with Gasteiger partial charge in [-0.05, 0) is 24.8 Å². The standard InChI is InChI=1S/C15H22O3/c16-12-15(17)10-6-1-2-7-11-18-13-14-8-4-3-5-9-14/h3-6,8-10,15-17H,1-2,7,11-13H2/b10-6+/t15-/m1/s1. The summed E-state index contributed by atoms with van der Waals surface area (Å²) in [6, 6.07) is 10.1. The molecule has 18 heavy (non-hydrogen) atoms. The molecule has 3 heteroatoms. The van der Waals surface area contributed by atoms with Crippen LogP contribution in [0, 0.1) is 0 Å². The fraction of sp³-hybridized carbons (Fsp3) is 0.467. The van der Waals surface area contributed by atoms with Gasteiger partial charge in [0.1, 0.15) is 0 Å². The lowest BCUT2D eigenvalue weighted by Crippen LogP contribution is -2.06. The van der Waals surface area contributed by atoms with Gasteiger partial charge in [0, 0.05) is 6.61 Å². The Labute approximate surface area is 109 Å². The van der Waals surface area contributed by atoms with Gasteiger partial charge >= 0.3 is 0 Å². The van der Waals surface area contributed by atoms with Gasteiger partial charge in [-0.1, -0.05) is 42.5 Å². The molecule has 0 aliphatic rings. The second-order valence-corrected chi connectivity index (χ2v) is 4.21. The highest BCUT2D eigenvalue weighted by molar-refractivity contribution is 5.13. The van der Waals surface area contributed by atoms with Crippen LogP contribution in [0.25, 0.3) is 0 Å². The number of aliphatic hydroxyl groups is 2. The molecular formula is C15H22O3. The summed E-state index contributed by atoms with van der Waals surface area (Å²) in [5.41, 5.74) is 1.20. The third-order valence-corrected chi connectivity index (χ3v) is 2.57. The summed E-state index contributed by atoms with van der Waals surface area (Å²) >= 11 is 0. The minimum atomic E-state index is -0.723. The van der Waals surface area contributed by atoms with Crippen LogP contribution in [0.5, 0.6) is 0 Å². The molecule has 1 aromatic rings. The average Bonchev–Trinajstić information content (AvgIpc) is 2.42. The van der Waals surface area contributed by atoms with Crippen LogP contribution in [0.4, 0.5) is 0 Å². The van der Waals surface area contributed by atoms with Gasteiger partial charge in [0.15, 0.2) is 0 Å². The van der Waals surface area contributed by atoms with Crippen LogP contribution in [-0.4, -0.2) is 29.5 Å². The van der Waals surface area contributed by atoms with Crippen LogP contribution >= 0.6 is 0 Å². The van der Waals surface area contributed by atoms with Gasteiger partial charge in [0.25, 0.3) is 0 Å². The Morgan fingerprint density at radius 2 is 1.94 bits per heavy atom. The molecule has 1 aromatic carbocycles. The maximum absolute atomic E-state index is 9.06. The number of ether oxygens (including phenoxy) is 1. The van der Waals surface area contributed by atoms with Crippen LogP contribution in [-0.2, 0) is 11.3 Å². The van der Waals surface area contributed by atoms with E-state index in [1.165, 1.54) is 5.56 Å². The van der Waals surface area contributed by atoms with Gasteiger partial charge in [-0.3, -0.25) is 0 Å². The topological polar surface area (TPSA) is 49.7 Å². The SMILES string of the molecule is OC[C@H](O)/C=C/CCCCOCc1ccccc1. The molecule has 0 saturated heterocycles. The molecular weight excluding hydrogens is 228 g/mol. The maximum Gasteiger partial charge on any atom is 0.0951 e. The molecule has 0 saturated carbocycles. The van der Waals surface area contributed by atoms with Crippen molar-refractivity contribution in [2.75, 3.05) is 13.2 Å². The van der Waals surface area contributed by atoms with Gasteiger partial charge in [-0.15, -0.1) is 0 Å². The molecule has 0 spiro atoms. The van der Waals surface area contributed by atoms with Crippen molar-refractivity contribution in [1.29, 1.82) is 0 Å². The fourth-order valence-electron chi connectivity index (χ4n) is 1.54. The van der Waals surface area contributed by atoms with Crippen LogP contribution in [0.15, 0.2) is 42.5 Å². The highest BCUT2D eigenvalue weighted by atomic mass is 16.5. The molecule has 1 atom stereocenters. The lowest BCUT2D eigenvalue weighted by molar-refractivity contribution is 0.117. The highest BCUT2D eigenvalue weighted by Gasteiger charge is 1.94. The Morgan fingerprint density at radius 3 is 2.67 bits per heavy atom. The first-order valence-corrected chi connectivity index (χ1v) is 6.40. The van der Waals surface area contributed by atoms with Crippen molar-refractivity contribution >= 4 is 0 Å². The second kappa shape index (κ2) is 9.83. The fourth-order valence-corrected chi connectivity index (χ4v) is 1.54. The first-order valence-electron chi connectivity index (χ1n) is 6.40. The predicted molar refractivity (Wildman–Crippen MR) is 72.2 cm³/mol. The van der Waals surface area contributed by atoms with Gasteiger partial charge in [0.2, 0.25) is 0 Å². The van der Waals surface area contributed by atoms with E-state index in [0.29, 0.717) is 6.61 Å². The highest BCUT2D eigenvalue weighted by Crippen LogP contribution is 2.03. The zero-order valence-electron chi connectivity index (χ0n) is 10.7. The quantitative estimate of drug-likeness (QED) is 0.522. The minimum absolute atomic E-state index is 0.212. The molecule has 0 fully saturated rings. The van der Waals surface area contributed by atoms with E-state index >= 15 is 0 Å². The monoisotopic (exact) mass is 250 g/mol. The van der Waals surface area contributed by atoms with Gasteiger partial charge < -0.3 is 14.9 Å². The third-order valence-electron chi connectivity index (χ3n) is 2.57. The Kier molecular flexibility index (Phi) is 8.13. The van der Waals surface area contributed by atoms with Crippen LogP contribution < -0.4 is 0 Å². The van der Waals surface area contributed by atoms with Crippen molar-refractivity contribution in [2.45, 2.75) is 32.0 Å². The van der Waals surface area contributed by atoms with E-state index in [1.807, 2.05) is 24.3 Å². The number of benzene rings is 1. The van der Waals surface area contributed by atoms with E-state index in [1.54, 1.807) is 6.08 Å². The molecule has 0 bridgehead atoms. The summed E-state index contributed by atoms with van der Waals surface area (Å²) in [4.78, 5) is 0. The van der Waals surface area contributed by atoms with Gasteiger partial charge in [-0.2, -0.15) is 0 Å². The number of allylic oxidation sites excluding steroid dienone is 1. The van der Waals surface area contributed by atoms with Crippen LogP contribution in [0.1, 0.15) is 24.8 Å². The largest absolute Gasteiger partial charge is 0.393 e. The lowest BCUT2D eigenvalue weighted by Gasteiger charge is -2.03. The molecule has 2 N–H and O–H groups in total. The number of rotatable bonds is 9. The number of hydrogen-bond acceptors (Lipinski definition) is 3. The third kappa shape index (κ3) is 7.22. The Bertz CT molecular complexity index is 322. The zero-order chi connectivity index (χ0) is 13.1. The molecule has 0 amide bonds. The summed E-state index contributed by atoms with van der Waals surface area (Å²) < 4.78 is 5.56. The van der Waals surface area contributed by atoms with E-state index in [4.69, 9.17) is 14.9 Å². The summed E-state index contributed by atoms with van der Waals surface area (Å²) in [7, 11) is 0. The van der Waals surface area contributed by atoms with E-state index in [0.717, 1.165) is 25.9 Å². The van der Waals surface area contributed by atoms with Crippen molar-refractivity contribution in [2.24, 2.45) is 0 Å². The first kappa shape index (κ1) is 14.9. The van der Waals surface area contributed by atoms with E-state index in [9.17, 15) is 0 Å². The normalized spacial score (nSPS) is 13.0. The molecule has 1 rings (SSSR count). The number of aliphatic hydroxyl groups excluding tert-OH is 2. The van der Waals surface area contributed by atoms with Crippen LogP contribution in [0.3, 0.4) is 0 Å². The summed E-state index contributed by atoms with van der Waals surface area (Å²) in [6.45, 7) is 1.21. The maximum atomic E-state index is 9.06. The number of unbranched alkanes of at least 4 members (excludes halogenated alkanes) is 2. The second-order valence-electron chi connectivity index (χ2n) is 4.21. The molecule has 0 aliphatic carbocycles. The molecule has 0 unspecified atom stereocenters. The molecule has 0 aliphatic heterocycles. The van der Waals surface area contributed by atoms with E-state index < -0.39 is 6.10 Å². The van der Waals surface area contributed by atoms with Crippen molar-refractivity contribution in [3.63, 3.8) is 0 Å². The summed E-state index contributed by atoms with van der Waals surface area (Å²) in [5, 5.41) is 17.7. The smallest absolute Gasteiger partial charge is 0.0951 e. The lowest BCUT2D eigenvalue weighted by atomic mass is 10.2. The van der Waals surface area contributed by atoms with Crippen molar-refractivity contribution in [1.82, 2.24) is 0 Å². The first-order chi connectivity index (χ1) is 8.83. The molecule has 3 nitrogen and oxygen atoms in total. The average molecular weight is 250 g/mol. The minimum Gasteiger partial charge on any atom is -0.393 e. The van der Waals surface area contributed by atoms with Gasteiger partial charge in [0.05, 0.1) is 19.3 Å². The zero-order valence-corrected chi connectivity index (χ0v) is 10.7. The van der Waals surface area contributed by atoms with Crippen LogP contribution in [0.2, 0.25) is 0 Å². The van der Waals surface area contributed by atoms with Crippen molar-refractivity contribution in [3.05, 3.63) is 48.0 Å².